The minimum Gasteiger partial charge on any atom is -0.295 e. The molecule has 0 bridgehead atoms. The van der Waals surface area contributed by atoms with Gasteiger partial charge in [-0.25, -0.2) is 0 Å². The van der Waals surface area contributed by atoms with Crippen molar-refractivity contribution in [1.82, 2.24) is 0 Å². The lowest BCUT2D eigenvalue weighted by Crippen LogP contribution is -2.46. The zero-order chi connectivity index (χ0) is 13.0. The molecule has 0 aliphatic heterocycles. The molecule has 6 atom stereocenters. The van der Waals surface area contributed by atoms with E-state index in [1.54, 1.807) is 0 Å². The molecule has 0 aromatic carbocycles. The maximum Gasteiger partial charge on any atom is 0.155 e. The lowest BCUT2D eigenvalue weighted by molar-refractivity contribution is -0.118. The van der Waals surface area contributed by atoms with Gasteiger partial charge in [-0.2, -0.15) is 0 Å². The molecule has 0 saturated heterocycles. The van der Waals surface area contributed by atoms with Gasteiger partial charge in [0.1, 0.15) is 0 Å². The van der Waals surface area contributed by atoms with Gasteiger partial charge in [-0.3, -0.25) is 4.79 Å². The predicted octanol–water partition coefficient (Wildman–Crippen LogP) is 4.37. The number of fused-ring (bicyclic) bond motifs is 5. The summed E-state index contributed by atoms with van der Waals surface area (Å²) in [6.45, 7) is 2.56. The second kappa shape index (κ2) is 4.20. The van der Waals surface area contributed by atoms with Crippen LogP contribution in [0.1, 0.15) is 58.3 Å². The summed E-state index contributed by atoms with van der Waals surface area (Å²) in [4.78, 5) is 11.6. The Bertz CT molecular complexity index is 423. The Balaban J connectivity index is 1.62. The fourth-order valence-electron chi connectivity index (χ4n) is 6.23. The van der Waals surface area contributed by atoms with Gasteiger partial charge >= 0.3 is 0 Å². The molecule has 0 N–H and O–H groups in total. The molecule has 1 nitrogen and oxygen atoms in total. The lowest BCUT2D eigenvalue weighted by atomic mass is 9.51. The second-order valence-corrected chi connectivity index (χ2v) is 7.96. The van der Waals surface area contributed by atoms with Gasteiger partial charge in [-0.15, -0.1) is 0 Å². The summed E-state index contributed by atoms with van der Waals surface area (Å²) in [5.74, 6) is 4.67. The zero-order valence-electron chi connectivity index (χ0n) is 12.1. The molecule has 19 heavy (non-hydrogen) atoms. The Morgan fingerprint density at radius 1 is 1.11 bits per heavy atom. The third-order valence-electron chi connectivity index (χ3n) is 7.15. The Morgan fingerprint density at radius 3 is 2.89 bits per heavy atom. The van der Waals surface area contributed by atoms with Crippen LogP contribution < -0.4 is 0 Å². The molecule has 3 saturated carbocycles. The Labute approximate surface area is 116 Å². The number of allylic oxidation sites excluding steroid dienone is 2. The average Bonchev–Trinajstić information content (AvgIpc) is 2.79. The van der Waals surface area contributed by atoms with Crippen LogP contribution in [0.5, 0.6) is 0 Å². The predicted molar refractivity (Wildman–Crippen MR) is 76.6 cm³/mol. The molecular weight excluding hydrogens is 232 g/mol. The smallest absolute Gasteiger partial charge is 0.155 e. The number of rotatable bonds is 0. The van der Waals surface area contributed by atoms with Gasteiger partial charge in [0.05, 0.1) is 0 Å². The maximum absolute atomic E-state index is 11.6. The van der Waals surface area contributed by atoms with Gasteiger partial charge in [-0.1, -0.05) is 19.4 Å². The normalized spacial score (nSPS) is 52.5. The van der Waals surface area contributed by atoms with Gasteiger partial charge in [0.15, 0.2) is 5.78 Å². The summed E-state index contributed by atoms with van der Waals surface area (Å²) in [5.41, 5.74) is 0.669. The van der Waals surface area contributed by atoms with E-state index in [1.807, 2.05) is 6.08 Å². The number of carbonyl (C=O) groups excluding carboxylic acids is 1. The topological polar surface area (TPSA) is 17.1 Å². The van der Waals surface area contributed by atoms with E-state index in [-0.39, 0.29) is 0 Å². The van der Waals surface area contributed by atoms with Gasteiger partial charge in [0.25, 0.3) is 0 Å². The number of ketones is 1. The van der Waals surface area contributed by atoms with E-state index >= 15 is 0 Å². The van der Waals surface area contributed by atoms with Crippen molar-refractivity contribution in [2.24, 2.45) is 35.0 Å². The second-order valence-electron chi connectivity index (χ2n) is 7.96. The fraction of sp³-hybridized carbons (Fsp3) is 0.833. The molecule has 0 aromatic heterocycles. The minimum absolute atomic E-state index is 0.376. The first-order chi connectivity index (χ1) is 9.17. The van der Waals surface area contributed by atoms with Crippen molar-refractivity contribution in [3.63, 3.8) is 0 Å². The first-order valence-corrected chi connectivity index (χ1v) is 8.38. The van der Waals surface area contributed by atoms with E-state index in [0.29, 0.717) is 17.1 Å². The van der Waals surface area contributed by atoms with Crippen LogP contribution in [0.15, 0.2) is 12.2 Å². The van der Waals surface area contributed by atoms with Crippen LogP contribution in [0.2, 0.25) is 0 Å². The quantitative estimate of drug-likeness (QED) is 0.630. The molecule has 0 aromatic rings. The highest BCUT2D eigenvalue weighted by Gasteiger charge is 2.52. The Kier molecular flexibility index (Phi) is 2.69. The molecule has 4 aliphatic rings. The molecule has 1 unspecified atom stereocenters. The van der Waals surface area contributed by atoms with Gasteiger partial charge < -0.3 is 0 Å². The van der Waals surface area contributed by atoms with Gasteiger partial charge in [0, 0.05) is 6.42 Å². The van der Waals surface area contributed by atoms with Crippen molar-refractivity contribution in [3.05, 3.63) is 12.2 Å². The van der Waals surface area contributed by atoms with E-state index in [1.165, 1.54) is 44.9 Å². The first-order valence-electron chi connectivity index (χ1n) is 8.38. The standard InChI is InChI=1S/C18H26O/c1-18-9-2-3-17(18)16-6-4-12-11-13(19)5-7-14(12)15(16)8-10-18/h5,7,12,14-17H,2-4,6,8-11H2,1H3/t12?,14-,15+,16+,17-,18-/m0/s1. The van der Waals surface area contributed by atoms with Crippen LogP contribution in [0.25, 0.3) is 0 Å². The molecular formula is C18H26O. The van der Waals surface area contributed by atoms with Gasteiger partial charge in [0.2, 0.25) is 0 Å². The number of hydrogen-bond acceptors (Lipinski definition) is 1. The summed E-state index contributed by atoms with van der Waals surface area (Å²) < 4.78 is 0. The van der Waals surface area contributed by atoms with Crippen molar-refractivity contribution in [1.29, 1.82) is 0 Å². The average molecular weight is 258 g/mol. The molecule has 4 aliphatic carbocycles. The van der Waals surface area contributed by atoms with E-state index in [0.717, 1.165) is 30.1 Å². The summed E-state index contributed by atoms with van der Waals surface area (Å²) in [6.07, 6.45) is 15.1. The van der Waals surface area contributed by atoms with E-state index in [2.05, 4.69) is 13.0 Å². The summed E-state index contributed by atoms with van der Waals surface area (Å²) in [5, 5.41) is 0. The highest BCUT2D eigenvalue weighted by Crippen LogP contribution is 2.61. The summed E-state index contributed by atoms with van der Waals surface area (Å²) >= 11 is 0. The van der Waals surface area contributed by atoms with E-state index in [9.17, 15) is 4.79 Å². The Hall–Kier alpha value is -0.590. The van der Waals surface area contributed by atoms with Crippen molar-refractivity contribution in [2.75, 3.05) is 0 Å². The van der Waals surface area contributed by atoms with E-state index < -0.39 is 0 Å². The molecule has 1 heteroatoms. The largest absolute Gasteiger partial charge is 0.295 e. The molecule has 4 rings (SSSR count). The third-order valence-corrected chi connectivity index (χ3v) is 7.15. The van der Waals surface area contributed by atoms with Crippen molar-refractivity contribution < 1.29 is 4.79 Å². The van der Waals surface area contributed by atoms with Crippen molar-refractivity contribution >= 4 is 5.78 Å². The number of carbonyl (C=O) groups is 1. The Morgan fingerprint density at radius 2 is 2.00 bits per heavy atom. The van der Waals surface area contributed by atoms with Crippen LogP contribution in [-0.2, 0) is 4.79 Å². The van der Waals surface area contributed by atoms with Crippen molar-refractivity contribution in [3.8, 4) is 0 Å². The van der Waals surface area contributed by atoms with Crippen molar-refractivity contribution in [2.45, 2.75) is 58.3 Å². The van der Waals surface area contributed by atoms with Gasteiger partial charge in [-0.05, 0) is 79.6 Å². The van der Waals surface area contributed by atoms with Crippen LogP contribution in [0, 0.1) is 35.0 Å². The minimum atomic E-state index is 0.376. The molecule has 0 spiro atoms. The fourth-order valence-corrected chi connectivity index (χ4v) is 6.23. The number of hydrogen-bond donors (Lipinski definition) is 0. The zero-order valence-corrected chi connectivity index (χ0v) is 12.1. The van der Waals surface area contributed by atoms with Crippen LogP contribution in [-0.4, -0.2) is 5.78 Å². The highest BCUT2D eigenvalue weighted by molar-refractivity contribution is 5.90. The summed E-state index contributed by atoms with van der Waals surface area (Å²) in [7, 11) is 0. The monoisotopic (exact) mass is 258 g/mol. The SMILES string of the molecule is C[C@@]12CCC[C@H]1[C@@H]1CCC3CC(=O)C=C[C@@H]3[C@H]1CC2. The molecule has 3 fully saturated rings. The van der Waals surface area contributed by atoms with Crippen LogP contribution in [0.3, 0.4) is 0 Å². The molecule has 0 heterocycles. The third kappa shape index (κ3) is 1.76. The summed E-state index contributed by atoms with van der Waals surface area (Å²) in [6, 6.07) is 0. The molecule has 0 radical (unpaired) electrons. The van der Waals surface area contributed by atoms with Crippen LogP contribution in [0.4, 0.5) is 0 Å². The first kappa shape index (κ1) is 12.2. The lowest BCUT2D eigenvalue weighted by Gasteiger charge is -2.53. The van der Waals surface area contributed by atoms with E-state index in [4.69, 9.17) is 0 Å². The molecule has 0 amide bonds. The van der Waals surface area contributed by atoms with Crippen LogP contribution >= 0.6 is 0 Å². The maximum atomic E-state index is 11.6. The highest BCUT2D eigenvalue weighted by atomic mass is 16.1. The molecule has 104 valence electrons.